The highest BCUT2D eigenvalue weighted by atomic mass is 16.2. The van der Waals surface area contributed by atoms with Crippen molar-refractivity contribution >= 4 is 23.5 Å². The van der Waals surface area contributed by atoms with Crippen LogP contribution in [0.25, 0.3) is 0 Å². The lowest BCUT2D eigenvalue weighted by Crippen LogP contribution is -2.55. The summed E-state index contributed by atoms with van der Waals surface area (Å²) < 4.78 is 0. The second kappa shape index (κ2) is 9.76. The van der Waals surface area contributed by atoms with E-state index in [0.29, 0.717) is 13.1 Å². The highest BCUT2D eigenvalue weighted by Gasteiger charge is 2.32. The van der Waals surface area contributed by atoms with Gasteiger partial charge in [0.2, 0.25) is 11.8 Å². The predicted octanol–water partition coefficient (Wildman–Crippen LogP) is 2.84. The fraction of sp³-hybridized carbons (Fsp3) is 0.591. The first kappa shape index (κ1) is 21.1. The third-order valence-electron chi connectivity index (χ3n) is 5.92. The summed E-state index contributed by atoms with van der Waals surface area (Å²) >= 11 is 0. The van der Waals surface area contributed by atoms with Crippen molar-refractivity contribution in [3.05, 3.63) is 30.3 Å². The van der Waals surface area contributed by atoms with Crippen LogP contribution < -0.4 is 10.6 Å². The number of hydrogen-bond donors (Lipinski definition) is 2. The lowest BCUT2D eigenvalue weighted by molar-refractivity contribution is -0.136. The first-order chi connectivity index (χ1) is 14.0. The van der Waals surface area contributed by atoms with E-state index in [4.69, 9.17) is 0 Å². The van der Waals surface area contributed by atoms with Crippen molar-refractivity contribution < 1.29 is 14.4 Å². The van der Waals surface area contributed by atoms with E-state index >= 15 is 0 Å². The highest BCUT2D eigenvalue weighted by Crippen LogP contribution is 2.20. The Morgan fingerprint density at radius 2 is 1.79 bits per heavy atom. The molecule has 0 saturated carbocycles. The average molecular weight is 401 g/mol. The lowest BCUT2D eigenvalue weighted by atomic mass is 9.97. The smallest absolute Gasteiger partial charge is 0.318 e. The van der Waals surface area contributed by atoms with Crippen molar-refractivity contribution in [1.82, 2.24) is 15.1 Å². The van der Waals surface area contributed by atoms with E-state index in [9.17, 15) is 14.4 Å². The molecular formula is C22H32N4O3. The van der Waals surface area contributed by atoms with Gasteiger partial charge in [-0.2, -0.15) is 0 Å². The van der Waals surface area contributed by atoms with Crippen LogP contribution in [0.3, 0.4) is 0 Å². The molecule has 2 aliphatic heterocycles. The molecule has 2 aliphatic rings. The Balaban J connectivity index is 1.52. The quantitative estimate of drug-likeness (QED) is 0.815. The van der Waals surface area contributed by atoms with Crippen molar-refractivity contribution in [2.75, 3.05) is 25.0 Å². The molecule has 0 radical (unpaired) electrons. The number of anilines is 1. The fourth-order valence-electron chi connectivity index (χ4n) is 4.15. The van der Waals surface area contributed by atoms with Gasteiger partial charge in [0.1, 0.15) is 6.04 Å². The average Bonchev–Trinajstić information content (AvgIpc) is 2.74. The number of carbonyl (C=O) groups is 3. The summed E-state index contributed by atoms with van der Waals surface area (Å²) in [5.74, 6) is -0.344. The molecule has 0 bridgehead atoms. The summed E-state index contributed by atoms with van der Waals surface area (Å²) in [6.07, 6.45) is 4.69. The summed E-state index contributed by atoms with van der Waals surface area (Å²) in [5, 5.41) is 5.76. The van der Waals surface area contributed by atoms with Crippen molar-refractivity contribution in [2.45, 2.75) is 58.0 Å². The number of urea groups is 1. The monoisotopic (exact) mass is 400 g/mol. The van der Waals surface area contributed by atoms with E-state index in [-0.39, 0.29) is 29.8 Å². The Morgan fingerprint density at radius 3 is 2.52 bits per heavy atom. The molecule has 4 amide bonds. The van der Waals surface area contributed by atoms with Gasteiger partial charge in [-0.25, -0.2) is 4.79 Å². The van der Waals surface area contributed by atoms with Crippen LogP contribution >= 0.6 is 0 Å². The first-order valence-corrected chi connectivity index (χ1v) is 10.7. The number of rotatable bonds is 4. The summed E-state index contributed by atoms with van der Waals surface area (Å²) in [5.41, 5.74) is 0.758. The minimum absolute atomic E-state index is 0.0269. The molecule has 2 heterocycles. The molecule has 7 heteroatoms. The van der Waals surface area contributed by atoms with E-state index < -0.39 is 6.04 Å². The Bertz CT molecular complexity index is 724. The van der Waals surface area contributed by atoms with Crippen LogP contribution in [0.15, 0.2) is 30.3 Å². The van der Waals surface area contributed by atoms with Gasteiger partial charge in [-0.05, 0) is 58.1 Å². The SMILES string of the molecule is CC(NC(=O)N1CCCC(C(=O)Nc2ccccc2)C1)C(=O)N1CCCCC1C. The molecule has 1 aromatic rings. The zero-order chi connectivity index (χ0) is 20.8. The minimum Gasteiger partial charge on any atom is -0.338 e. The number of para-hydroxylation sites is 1. The van der Waals surface area contributed by atoms with Gasteiger partial charge in [-0.3, -0.25) is 9.59 Å². The van der Waals surface area contributed by atoms with E-state index in [1.165, 1.54) is 0 Å². The highest BCUT2D eigenvalue weighted by molar-refractivity contribution is 5.93. The maximum atomic E-state index is 12.7. The summed E-state index contributed by atoms with van der Waals surface area (Å²) in [6, 6.07) is 8.72. The summed E-state index contributed by atoms with van der Waals surface area (Å²) in [4.78, 5) is 41.6. The molecule has 3 rings (SSSR count). The number of piperidine rings is 2. The van der Waals surface area contributed by atoms with Crippen LogP contribution in [0.2, 0.25) is 0 Å². The second-order valence-corrected chi connectivity index (χ2v) is 8.19. The molecule has 0 spiro atoms. The number of likely N-dealkylation sites (tertiary alicyclic amines) is 2. The maximum absolute atomic E-state index is 12.7. The maximum Gasteiger partial charge on any atom is 0.318 e. The van der Waals surface area contributed by atoms with Gasteiger partial charge >= 0.3 is 6.03 Å². The fourth-order valence-corrected chi connectivity index (χ4v) is 4.15. The van der Waals surface area contributed by atoms with Crippen LogP contribution in [0.4, 0.5) is 10.5 Å². The van der Waals surface area contributed by atoms with E-state index in [1.807, 2.05) is 35.2 Å². The molecular weight excluding hydrogens is 368 g/mol. The van der Waals surface area contributed by atoms with Crippen molar-refractivity contribution in [1.29, 1.82) is 0 Å². The molecule has 2 saturated heterocycles. The van der Waals surface area contributed by atoms with Gasteiger partial charge in [-0.1, -0.05) is 18.2 Å². The number of benzene rings is 1. The Kier molecular flexibility index (Phi) is 7.12. The molecule has 3 unspecified atom stereocenters. The number of nitrogens with one attached hydrogen (secondary N) is 2. The van der Waals surface area contributed by atoms with Crippen LogP contribution in [-0.4, -0.2) is 59.4 Å². The largest absolute Gasteiger partial charge is 0.338 e. The molecule has 7 nitrogen and oxygen atoms in total. The third-order valence-corrected chi connectivity index (χ3v) is 5.92. The number of carbonyl (C=O) groups excluding carboxylic acids is 3. The second-order valence-electron chi connectivity index (χ2n) is 8.19. The predicted molar refractivity (Wildman–Crippen MR) is 112 cm³/mol. The lowest BCUT2D eigenvalue weighted by Gasteiger charge is -2.36. The molecule has 2 fully saturated rings. The molecule has 0 aromatic heterocycles. The van der Waals surface area contributed by atoms with Crippen molar-refractivity contribution in [3.8, 4) is 0 Å². The van der Waals surface area contributed by atoms with Crippen LogP contribution in [-0.2, 0) is 9.59 Å². The van der Waals surface area contributed by atoms with Gasteiger partial charge < -0.3 is 20.4 Å². The summed E-state index contributed by atoms with van der Waals surface area (Å²) in [7, 11) is 0. The van der Waals surface area contributed by atoms with Gasteiger partial charge in [0.15, 0.2) is 0 Å². The Labute approximate surface area is 172 Å². The van der Waals surface area contributed by atoms with E-state index in [2.05, 4.69) is 17.6 Å². The van der Waals surface area contributed by atoms with Gasteiger partial charge in [0.05, 0.1) is 5.92 Å². The van der Waals surface area contributed by atoms with Gasteiger partial charge in [-0.15, -0.1) is 0 Å². The normalized spacial score (nSPS) is 23.2. The third kappa shape index (κ3) is 5.49. The van der Waals surface area contributed by atoms with Crippen LogP contribution in [0.1, 0.15) is 46.0 Å². The van der Waals surface area contributed by atoms with Crippen molar-refractivity contribution in [3.63, 3.8) is 0 Å². The zero-order valence-electron chi connectivity index (χ0n) is 17.4. The standard InChI is InChI=1S/C22H32N4O3/c1-16-9-6-7-14-26(16)21(28)17(2)23-22(29)25-13-8-10-18(15-25)20(27)24-19-11-4-3-5-12-19/h3-5,11-12,16-18H,6-10,13-15H2,1-2H3,(H,23,29)(H,24,27). The zero-order valence-corrected chi connectivity index (χ0v) is 17.4. The molecule has 158 valence electrons. The Morgan fingerprint density at radius 1 is 1.03 bits per heavy atom. The van der Waals surface area contributed by atoms with Crippen molar-refractivity contribution in [2.24, 2.45) is 5.92 Å². The topological polar surface area (TPSA) is 81.8 Å². The van der Waals surface area contributed by atoms with Crippen LogP contribution in [0.5, 0.6) is 0 Å². The summed E-state index contributed by atoms with van der Waals surface area (Å²) in [6.45, 7) is 5.52. The molecule has 2 N–H and O–H groups in total. The van der Waals surface area contributed by atoms with Gasteiger partial charge in [0.25, 0.3) is 0 Å². The van der Waals surface area contributed by atoms with Crippen LogP contribution in [0, 0.1) is 5.92 Å². The first-order valence-electron chi connectivity index (χ1n) is 10.7. The Hall–Kier alpha value is -2.57. The minimum atomic E-state index is -0.568. The van der Waals surface area contributed by atoms with E-state index in [0.717, 1.165) is 44.3 Å². The molecule has 3 atom stereocenters. The van der Waals surface area contributed by atoms with E-state index in [1.54, 1.807) is 11.8 Å². The molecule has 0 aliphatic carbocycles. The van der Waals surface area contributed by atoms with Gasteiger partial charge in [0, 0.05) is 31.4 Å². The molecule has 1 aromatic carbocycles. The number of hydrogen-bond acceptors (Lipinski definition) is 3. The number of amides is 4. The number of nitrogens with zero attached hydrogens (tertiary/aromatic N) is 2. The molecule has 29 heavy (non-hydrogen) atoms.